The fourth-order valence-electron chi connectivity index (χ4n) is 4.11. The van der Waals surface area contributed by atoms with Crippen LogP contribution >= 0.6 is 0 Å². The number of piperazine rings is 1. The van der Waals surface area contributed by atoms with Gasteiger partial charge >= 0.3 is 6.03 Å². The zero-order valence-corrected chi connectivity index (χ0v) is 19.3. The highest BCUT2D eigenvalue weighted by Crippen LogP contribution is 2.40. The minimum absolute atomic E-state index is 0.0826. The van der Waals surface area contributed by atoms with E-state index < -0.39 is 0 Å². The van der Waals surface area contributed by atoms with Crippen LogP contribution in [-0.2, 0) is 6.54 Å². The van der Waals surface area contributed by atoms with Crippen molar-refractivity contribution in [3.63, 3.8) is 0 Å². The Hall–Kier alpha value is -3.33. The van der Waals surface area contributed by atoms with Gasteiger partial charge in [0.2, 0.25) is 5.75 Å². The molecular weight excluding hydrogens is 426 g/mol. The summed E-state index contributed by atoms with van der Waals surface area (Å²) in [4.78, 5) is 16.8. The van der Waals surface area contributed by atoms with E-state index in [-0.39, 0.29) is 12.1 Å². The first-order valence-corrected chi connectivity index (χ1v) is 11.0. The first-order valence-electron chi connectivity index (χ1n) is 11.0. The molecule has 0 radical (unpaired) electrons. The topological polar surface area (TPSA) is 81.7 Å². The molecular formula is C24H31N3O6. The number of amides is 2. The number of nitrogens with one attached hydrogen (secondary N) is 1. The second-order valence-corrected chi connectivity index (χ2v) is 7.94. The molecule has 2 heterocycles. The van der Waals surface area contributed by atoms with E-state index in [1.165, 1.54) is 0 Å². The molecule has 1 saturated heterocycles. The molecule has 2 aliphatic heterocycles. The zero-order valence-electron chi connectivity index (χ0n) is 19.3. The van der Waals surface area contributed by atoms with E-state index in [1.54, 1.807) is 21.3 Å². The van der Waals surface area contributed by atoms with Crippen molar-refractivity contribution in [1.82, 2.24) is 15.1 Å². The SMILES string of the molecule is COc1ccc(CN2CCN(C(=O)NC[C@H]3COc4ccccc4O3)CC2)c(OC)c1OC. The average Bonchev–Trinajstić information content (AvgIpc) is 2.87. The number of nitrogens with zero attached hydrogens (tertiary/aromatic N) is 2. The highest BCUT2D eigenvalue weighted by molar-refractivity contribution is 5.74. The summed E-state index contributed by atoms with van der Waals surface area (Å²) in [6.07, 6.45) is -0.206. The molecule has 0 unspecified atom stereocenters. The van der Waals surface area contributed by atoms with E-state index in [0.29, 0.717) is 55.8 Å². The van der Waals surface area contributed by atoms with Crippen molar-refractivity contribution in [2.24, 2.45) is 0 Å². The van der Waals surface area contributed by atoms with Crippen LogP contribution in [0, 0.1) is 0 Å². The fraction of sp³-hybridized carbons (Fsp3) is 0.458. The van der Waals surface area contributed by atoms with Crippen molar-refractivity contribution >= 4 is 6.03 Å². The third-order valence-electron chi connectivity index (χ3n) is 5.89. The van der Waals surface area contributed by atoms with Crippen LogP contribution in [0.4, 0.5) is 4.79 Å². The molecule has 2 aromatic rings. The molecule has 1 N–H and O–H groups in total. The Kier molecular flexibility index (Phi) is 7.29. The highest BCUT2D eigenvalue weighted by Gasteiger charge is 2.25. The molecule has 4 rings (SSSR count). The van der Waals surface area contributed by atoms with Gasteiger partial charge in [0.15, 0.2) is 29.1 Å². The monoisotopic (exact) mass is 457 g/mol. The number of carbonyl (C=O) groups excluding carboxylic acids is 1. The molecule has 0 spiro atoms. The zero-order chi connectivity index (χ0) is 23.2. The van der Waals surface area contributed by atoms with Crippen LogP contribution in [0.1, 0.15) is 5.56 Å². The smallest absolute Gasteiger partial charge is 0.317 e. The molecule has 2 aliphatic rings. The number of methoxy groups -OCH3 is 3. The predicted molar refractivity (Wildman–Crippen MR) is 123 cm³/mol. The number of para-hydroxylation sites is 2. The Balaban J connectivity index is 1.26. The average molecular weight is 458 g/mol. The van der Waals surface area contributed by atoms with E-state index in [4.69, 9.17) is 23.7 Å². The molecule has 1 atom stereocenters. The van der Waals surface area contributed by atoms with Crippen LogP contribution < -0.4 is 29.0 Å². The molecule has 2 amide bonds. The molecule has 9 heteroatoms. The molecule has 9 nitrogen and oxygen atoms in total. The number of benzene rings is 2. The Morgan fingerprint density at radius 3 is 2.39 bits per heavy atom. The van der Waals surface area contributed by atoms with Gasteiger partial charge in [0.25, 0.3) is 0 Å². The molecule has 178 valence electrons. The van der Waals surface area contributed by atoms with Gasteiger partial charge in [-0.25, -0.2) is 4.79 Å². The van der Waals surface area contributed by atoms with Gasteiger partial charge in [0.05, 0.1) is 27.9 Å². The highest BCUT2D eigenvalue weighted by atomic mass is 16.6. The van der Waals surface area contributed by atoms with Crippen LogP contribution in [0.25, 0.3) is 0 Å². The van der Waals surface area contributed by atoms with Crippen molar-refractivity contribution in [2.45, 2.75) is 12.6 Å². The summed E-state index contributed by atoms with van der Waals surface area (Å²) < 4.78 is 28.1. The Morgan fingerprint density at radius 2 is 1.70 bits per heavy atom. The van der Waals surface area contributed by atoms with Gasteiger partial charge in [0.1, 0.15) is 6.61 Å². The lowest BCUT2D eigenvalue weighted by Gasteiger charge is -2.35. The second-order valence-electron chi connectivity index (χ2n) is 7.94. The van der Waals surface area contributed by atoms with Crippen LogP contribution in [0.2, 0.25) is 0 Å². The molecule has 1 fully saturated rings. The minimum Gasteiger partial charge on any atom is -0.493 e. The predicted octanol–water partition coefficient (Wildman–Crippen LogP) is 2.38. The van der Waals surface area contributed by atoms with Gasteiger partial charge in [-0.05, 0) is 18.2 Å². The summed E-state index contributed by atoms with van der Waals surface area (Å²) in [6, 6.07) is 11.4. The van der Waals surface area contributed by atoms with Crippen LogP contribution in [0.15, 0.2) is 36.4 Å². The summed E-state index contributed by atoms with van der Waals surface area (Å²) in [6.45, 7) is 4.33. The van der Waals surface area contributed by atoms with Crippen LogP contribution in [-0.4, -0.2) is 82.6 Å². The summed E-state index contributed by atoms with van der Waals surface area (Å²) >= 11 is 0. The van der Waals surface area contributed by atoms with Crippen LogP contribution in [0.3, 0.4) is 0 Å². The number of hydrogen-bond acceptors (Lipinski definition) is 7. The van der Waals surface area contributed by atoms with E-state index in [9.17, 15) is 4.79 Å². The number of ether oxygens (including phenoxy) is 5. The first-order chi connectivity index (χ1) is 16.1. The number of fused-ring (bicyclic) bond motifs is 1. The summed E-state index contributed by atoms with van der Waals surface area (Å²) in [5, 5.41) is 2.98. The molecule has 0 saturated carbocycles. The van der Waals surface area contributed by atoms with E-state index in [0.717, 1.165) is 24.4 Å². The lowest BCUT2D eigenvalue weighted by Crippen LogP contribution is -2.53. The maximum Gasteiger partial charge on any atom is 0.317 e. The maximum absolute atomic E-state index is 12.7. The van der Waals surface area contributed by atoms with Crippen molar-refractivity contribution in [2.75, 3.05) is 60.7 Å². The van der Waals surface area contributed by atoms with Gasteiger partial charge in [-0.3, -0.25) is 4.90 Å². The Bertz CT molecular complexity index is 961. The lowest BCUT2D eigenvalue weighted by atomic mass is 10.1. The van der Waals surface area contributed by atoms with E-state index in [1.807, 2.05) is 41.3 Å². The van der Waals surface area contributed by atoms with Gasteiger partial charge in [0, 0.05) is 38.3 Å². The van der Waals surface area contributed by atoms with Crippen molar-refractivity contribution in [1.29, 1.82) is 0 Å². The summed E-state index contributed by atoms with van der Waals surface area (Å²) in [5.41, 5.74) is 1.02. The maximum atomic E-state index is 12.7. The van der Waals surface area contributed by atoms with Crippen LogP contribution in [0.5, 0.6) is 28.7 Å². The normalized spacial score (nSPS) is 17.9. The van der Waals surface area contributed by atoms with Crippen molar-refractivity contribution in [3.05, 3.63) is 42.0 Å². The number of rotatable bonds is 7. The number of hydrogen-bond donors (Lipinski definition) is 1. The quantitative estimate of drug-likeness (QED) is 0.684. The van der Waals surface area contributed by atoms with Gasteiger partial charge < -0.3 is 33.9 Å². The van der Waals surface area contributed by atoms with Gasteiger partial charge in [-0.15, -0.1) is 0 Å². The van der Waals surface area contributed by atoms with E-state index in [2.05, 4.69) is 10.2 Å². The Morgan fingerprint density at radius 1 is 0.970 bits per heavy atom. The fourth-order valence-corrected chi connectivity index (χ4v) is 4.11. The van der Waals surface area contributed by atoms with Gasteiger partial charge in [-0.1, -0.05) is 18.2 Å². The lowest BCUT2D eigenvalue weighted by molar-refractivity contribution is 0.0876. The molecule has 0 aliphatic carbocycles. The summed E-state index contributed by atoms with van der Waals surface area (Å²) in [5.74, 6) is 3.35. The van der Waals surface area contributed by atoms with Gasteiger partial charge in [-0.2, -0.15) is 0 Å². The third kappa shape index (κ3) is 5.19. The molecule has 33 heavy (non-hydrogen) atoms. The summed E-state index contributed by atoms with van der Waals surface area (Å²) in [7, 11) is 4.83. The second kappa shape index (κ2) is 10.5. The Labute approximate surface area is 194 Å². The van der Waals surface area contributed by atoms with E-state index >= 15 is 0 Å². The first kappa shape index (κ1) is 22.8. The van der Waals surface area contributed by atoms with Crippen molar-refractivity contribution < 1.29 is 28.5 Å². The third-order valence-corrected chi connectivity index (χ3v) is 5.89. The number of carbonyl (C=O) groups is 1. The molecule has 0 bridgehead atoms. The molecule has 0 aromatic heterocycles. The standard InChI is InChI=1S/C24H31N3O6/c1-29-21-9-8-17(22(30-2)23(21)31-3)15-26-10-12-27(13-11-26)24(28)25-14-18-16-32-19-6-4-5-7-20(19)33-18/h4-9,18H,10-16H2,1-3H3,(H,25,28)/t18-/m0/s1. The minimum atomic E-state index is -0.206. The molecule has 2 aromatic carbocycles. The van der Waals surface area contributed by atoms with Crippen molar-refractivity contribution in [3.8, 4) is 28.7 Å². The number of urea groups is 1. The largest absolute Gasteiger partial charge is 0.493 e.